The second-order valence-electron chi connectivity index (χ2n) is 6.06. The van der Waals surface area contributed by atoms with E-state index in [1.807, 2.05) is 0 Å². The molecule has 0 bridgehead atoms. The van der Waals surface area contributed by atoms with Crippen molar-refractivity contribution in [3.63, 3.8) is 0 Å². The molecule has 0 aromatic heterocycles. The molecule has 1 atom stereocenters. The van der Waals surface area contributed by atoms with Gasteiger partial charge in [-0.1, -0.05) is 26.0 Å². The highest BCUT2D eigenvalue weighted by atomic mass is 32.2. The molecule has 0 saturated carbocycles. The predicted molar refractivity (Wildman–Crippen MR) is 85.6 cm³/mol. The number of carbonyl (C=O) groups is 1. The van der Waals surface area contributed by atoms with E-state index in [2.05, 4.69) is 9.71 Å². The molecule has 1 amide bonds. The van der Waals surface area contributed by atoms with Gasteiger partial charge in [-0.2, -0.15) is 13.2 Å². The zero-order chi connectivity index (χ0) is 18.8. The minimum absolute atomic E-state index is 0.0211. The highest BCUT2D eigenvalue weighted by Gasteiger charge is 2.33. The van der Waals surface area contributed by atoms with Crippen molar-refractivity contribution in [3.05, 3.63) is 29.8 Å². The number of halogens is 3. The third-order valence-electron chi connectivity index (χ3n) is 3.41. The van der Waals surface area contributed by atoms with Crippen LogP contribution < -0.4 is 10.0 Å². The second-order valence-corrected chi connectivity index (χ2v) is 7.71. The summed E-state index contributed by atoms with van der Waals surface area (Å²) in [5.74, 6) is -0.968. The van der Waals surface area contributed by atoms with E-state index in [1.54, 1.807) is 31.3 Å². The number of amidine groups is 1. The van der Waals surface area contributed by atoms with Gasteiger partial charge in [0, 0.05) is 5.56 Å². The van der Waals surface area contributed by atoms with Crippen LogP contribution in [-0.2, 0) is 14.8 Å². The fraction of sp³-hybridized carbons (Fsp3) is 0.467. The molecule has 0 aliphatic carbocycles. The van der Waals surface area contributed by atoms with E-state index < -0.39 is 34.7 Å². The lowest BCUT2D eigenvalue weighted by atomic mass is 10.0. The molecule has 2 N–H and O–H groups in total. The number of nitrogens with one attached hydrogen (secondary N) is 2. The van der Waals surface area contributed by atoms with Crippen molar-refractivity contribution in [2.75, 3.05) is 6.54 Å². The van der Waals surface area contributed by atoms with Crippen LogP contribution in [0.25, 0.3) is 0 Å². The van der Waals surface area contributed by atoms with Gasteiger partial charge in [0.15, 0.2) is 0 Å². The Morgan fingerprint density at radius 3 is 2.52 bits per heavy atom. The van der Waals surface area contributed by atoms with Crippen molar-refractivity contribution in [1.82, 2.24) is 10.0 Å². The average molecular weight is 377 g/mol. The molecule has 138 valence electrons. The van der Waals surface area contributed by atoms with Gasteiger partial charge in [-0.25, -0.2) is 8.42 Å². The fourth-order valence-corrected chi connectivity index (χ4v) is 3.59. The molecular weight excluding hydrogens is 359 g/mol. The third-order valence-corrected chi connectivity index (χ3v) is 4.81. The number of carbonyl (C=O) groups excluding carboxylic acids is 1. The van der Waals surface area contributed by atoms with E-state index in [0.717, 1.165) is 0 Å². The lowest BCUT2D eigenvalue weighted by Crippen LogP contribution is -2.41. The van der Waals surface area contributed by atoms with Crippen LogP contribution in [0, 0.1) is 5.92 Å². The molecule has 0 fully saturated rings. The van der Waals surface area contributed by atoms with Crippen LogP contribution in [0.15, 0.2) is 34.2 Å². The maximum Gasteiger partial charge on any atom is 0.405 e. The van der Waals surface area contributed by atoms with Crippen molar-refractivity contribution in [2.45, 2.75) is 37.4 Å². The highest BCUT2D eigenvalue weighted by molar-refractivity contribution is 7.90. The molecule has 1 aromatic carbocycles. The summed E-state index contributed by atoms with van der Waals surface area (Å²) in [4.78, 5) is 16.2. The SMILES string of the molecule is CC(C)CC(N=C1NS(=O)(=O)c2ccccc21)C(=O)NCC(F)(F)F. The summed E-state index contributed by atoms with van der Waals surface area (Å²) in [5, 5.41) is 1.80. The monoisotopic (exact) mass is 377 g/mol. The van der Waals surface area contributed by atoms with Gasteiger partial charge in [0.25, 0.3) is 10.0 Å². The number of fused-ring (bicyclic) bond motifs is 1. The van der Waals surface area contributed by atoms with Crippen LogP contribution in [0.3, 0.4) is 0 Å². The van der Waals surface area contributed by atoms with Gasteiger partial charge in [0.2, 0.25) is 5.91 Å². The number of amides is 1. The zero-order valence-electron chi connectivity index (χ0n) is 13.6. The number of benzene rings is 1. The molecule has 1 aromatic rings. The highest BCUT2D eigenvalue weighted by Crippen LogP contribution is 2.23. The first-order chi connectivity index (χ1) is 11.5. The van der Waals surface area contributed by atoms with Crippen molar-refractivity contribution in [3.8, 4) is 0 Å². The Morgan fingerprint density at radius 2 is 1.92 bits per heavy atom. The van der Waals surface area contributed by atoms with Gasteiger partial charge in [-0.3, -0.25) is 14.5 Å². The Morgan fingerprint density at radius 1 is 1.28 bits per heavy atom. The fourth-order valence-electron chi connectivity index (χ4n) is 2.36. The molecule has 0 spiro atoms. The number of sulfonamides is 1. The quantitative estimate of drug-likeness (QED) is 0.821. The van der Waals surface area contributed by atoms with Gasteiger partial charge in [-0.15, -0.1) is 0 Å². The number of nitrogens with zero attached hydrogens (tertiary/aromatic N) is 1. The zero-order valence-corrected chi connectivity index (χ0v) is 14.4. The standard InChI is InChI=1S/C15H18F3N3O3S/c1-9(2)7-11(14(22)19-8-15(16,17)18)20-13-10-5-3-4-6-12(10)25(23,24)21-13/h3-6,9,11H,7-8H2,1-2H3,(H,19,22)(H,20,21). The first kappa shape index (κ1) is 19.2. The molecule has 1 unspecified atom stereocenters. The van der Waals surface area contributed by atoms with Crippen LogP contribution in [0.2, 0.25) is 0 Å². The minimum Gasteiger partial charge on any atom is -0.345 e. The maximum absolute atomic E-state index is 12.3. The Balaban J connectivity index is 2.31. The molecule has 0 radical (unpaired) electrons. The molecule has 2 rings (SSSR count). The van der Waals surface area contributed by atoms with E-state index >= 15 is 0 Å². The van der Waals surface area contributed by atoms with Crippen molar-refractivity contribution in [1.29, 1.82) is 0 Å². The Hall–Kier alpha value is -2.10. The summed E-state index contributed by atoms with van der Waals surface area (Å²) >= 11 is 0. The molecule has 1 aliphatic rings. The number of hydrogen-bond acceptors (Lipinski definition) is 4. The van der Waals surface area contributed by atoms with E-state index in [-0.39, 0.29) is 23.1 Å². The van der Waals surface area contributed by atoms with Crippen LogP contribution in [0.1, 0.15) is 25.8 Å². The Kier molecular flexibility index (Phi) is 5.40. The predicted octanol–water partition coefficient (Wildman–Crippen LogP) is 1.82. The van der Waals surface area contributed by atoms with Gasteiger partial charge < -0.3 is 5.32 Å². The van der Waals surface area contributed by atoms with E-state index in [1.165, 1.54) is 12.1 Å². The summed E-state index contributed by atoms with van der Waals surface area (Å²) in [5.41, 5.74) is 0.292. The first-order valence-corrected chi connectivity index (χ1v) is 9.02. The van der Waals surface area contributed by atoms with Crippen LogP contribution in [0.4, 0.5) is 13.2 Å². The third kappa shape index (κ3) is 4.94. The van der Waals surface area contributed by atoms with Gasteiger partial charge >= 0.3 is 6.18 Å². The molecular formula is C15H18F3N3O3S. The molecule has 0 saturated heterocycles. The van der Waals surface area contributed by atoms with Crippen molar-refractivity contribution in [2.24, 2.45) is 10.9 Å². The summed E-state index contributed by atoms with van der Waals surface area (Å²) in [6.45, 7) is 2.11. The Bertz CT molecular complexity index is 789. The molecule has 10 heteroatoms. The van der Waals surface area contributed by atoms with E-state index in [4.69, 9.17) is 0 Å². The molecule has 25 heavy (non-hydrogen) atoms. The van der Waals surface area contributed by atoms with Gasteiger partial charge in [0.1, 0.15) is 18.4 Å². The largest absolute Gasteiger partial charge is 0.405 e. The van der Waals surface area contributed by atoms with Crippen LogP contribution >= 0.6 is 0 Å². The minimum atomic E-state index is -4.53. The number of aliphatic imine (C=N–C) groups is 1. The molecule has 1 aliphatic heterocycles. The van der Waals surface area contributed by atoms with E-state index in [0.29, 0.717) is 5.56 Å². The van der Waals surface area contributed by atoms with Gasteiger partial charge in [0.05, 0.1) is 4.90 Å². The lowest BCUT2D eigenvalue weighted by Gasteiger charge is -2.16. The molecule has 1 heterocycles. The van der Waals surface area contributed by atoms with E-state index in [9.17, 15) is 26.4 Å². The second kappa shape index (κ2) is 7.03. The smallest absolute Gasteiger partial charge is 0.345 e. The first-order valence-electron chi connectivity index (χ1n) is 7.54. The van der Waals surface area contributed by atoms with Crippen LogP contribution in [-0.4, -0.2) is 38.9 Å². The summed E-state index contributed by atoms with van der Waals surface area (Å²) < 4.78 is 63.3. The lowest BCUT2D eigenvalue weighted by molar-refractivity contribution is -0.139. The van der Waals surface area contributed by atoms with Gasteiger partial charge in [-0.05, 0) is 24.5 Å². The maximum atomic E-state index is 12.3. The number of rotatable bonds is 5. The van der Waals surface area contributed by atoms with Crippen LogP contribution in [0.5, 0.6) is 0 Å². The normalized spacial score (nSPS) is 18.7. The summed E-state index contributed by atoms with van der Waals surface area (Å²) in [6.07, 6.45) is -4.36. The summed E-state index contributed by atoms with van der Waals surface area (Å²) in [6, 6.07) is 4.93. The average Bonchev–Trinajstić information content (AvgIpc) is 2.74. The van der Waals surface area contributed by atoms with Crippen molar-refractivity contribution < 1.29 is 26.4 Å². The number of hydrogen-bond donors (Lipinski definition) is 2. The van der Waals surface area contributed by atoms with Crippen molar-refractivity contribution >= 4 is 21.8 Å². The number of alkyl halides is 3. The summed E-state index contributed by atoms with van der Waals surface area (Å²) in [7, 11) is -3.78. The molecule has 6 nitrogen and oxygen atoms in total. The Labute approximate surface area is 143 Å². The topological polar surface area (TPSA) is 87.6 Å².